The van der Waals surface area contributed by atoms with Gasteiger partial charge in [-0.2, -0.15) is 4.55 Å². The lowest BCUT2D eigenvalue weighted by molar-refractivity contribution is 0.223. The SMILES string of the molecule is CCCc1ccc([S+](O)N2CCN(C)CC2)cc1. The summed E-state index contributed by atoms with van der Waals surface area (Å²) >= 11 is -0.740. The van der Waals surface area contributed by atoms with Gasteiger partial charge in [0.2, 0.25) is 4.90 Å². The van der Waals surface area contributed by atoms with Crippen LogP contribution in [0.2, 0.25) is 0 Å². The lowest BCUT2D eigenvalue weighted by Gasteiger charge is -2.27. The molecule has 100 valence electrons. The normalized spacial score (nSPS) is 19.9. The van der Waals surface area contributed by atoms with Crippen molar-refractivity contribution in [2.75, 3.05) is 33.2 Å². The van der Waals surface area contributed by atoms with Gasteiger partial charge in [0.25, 0.3) is 11.4 Å². The van der Waals surface area contributed by atoms with Crippen LogP contribution in [-0.4, -0.2) is 47.0 Å². The van der Waals surface area contributed by atoms with Crippen LogP contribution in [0.1, 0.15) is 18.9 Å². The molecular weight excluding hydrogens is 244 g/mol. The molecule has 1 N–H and O–H groups in total. The summed E-state index contributed by atoms with van der Waals surface area (Å²) in [5.74, 6) is 0. The predicted octanol–water partition coefficient (Wildman–Crippen LogP) is 2.25. The Hall–Kier alpha value is -0.550. The third-order valence-electron chi connectivity index (χ3n) is 3.38. The average molecular weight is 267 g/mol. The number of hydrogen-bond donors (Lipinski definition) is 1. The van der Waals surface area contributed by atoms with Crippen molar-refractivity contribution in [1.82, 2.24) is 9.21 Å². The van der Waals surface area contributed by atoms with E-state index in [4.69, 9.17) is 0 Å². The molecule has 1 atom stereocenters. The Labute approximate surface area is 113 Å². The number of piperazine rings is 1. The second-order valence-electron chi connectivity index (χ2n) is 4.89. The average Bonchev–Trinajstić information content (AvgIpc) is 2.40. The number of likely N-dealkylation sites (N-methyl/N-ethyl adjacent to an activating group) is 1. The molecule has 4 heteroatoms. The van der Waals surface area contributed by atoms with Crippen LogP contribution in [0, 0.1) is 0 Å². The topological polar surface area (TPSA) is 26.7 Å². The summed E-state index contributed by atoms with van der Waals surface area (Å²) in [4.78, 5) is 3.34. The van der Waals surface area contributed by atoms with Crippen LogP contribution >= 0.6 is 0 Å². The molecule has 0 bridgehead atoms. The smallest absolute Gasteiger partial charge is 0.278 e. The quantitative estimate of drug-likeness (QED) is 0.848. The first-order valence-electron chi connectivity index (χ1n) is 6.66. The zero-order valence-corrected chi connectivity index (χ0v) is 12.1. The van der Waals surface area contributed by atoms with Gasteiger partial charge in [-0.1, -0.05) is 29.8 Å². The number of nitrogens with zero attached hydrogens (tertiary/aromatic N) is 2. The van der Waals surface area contributed by atoms with Gasteiger partial charge in [-0.05, 0) is 31.2 Å². The number of benzene rings is 1. The Bertz CT molecular complexity index is 361. The molecule has 0 aliphatic carbocycles. The second-order valence-corrected chi connectivity index (χ2v) is 6.41. The van der Waals surface area contributed by atoms with Crippen molar-refractivity contribution in [3.63, 3.8) is 0 Å². The molecule has 1 saturated heterocycles. The van der Waals surface area contributed by atoms with E-state index in [0.717, 1.165) is 37.5 Å². The highest BCUT2D eigenvalue weighted by Crippen LogP contribution is 2.18. The monoisotopic (exact) mass is 267 g/mol. The Kier molecular flexibility index (Phi) is 5.06. The molecule has 18 heavy (non-hydrogen) atoms. The molecule has 0 radical (unpaired) electrons. The van der Waals surface area contributed by atoms with Crippen LogP contribution in [0.5, 0.6) is 0 Å². The maximum atomic E-state index is 10.4. The van der Waals surface area contributed by atoms with Gasteiger partial charge in [-0.3, -0.25) is 0 Å². The number of aryl methyl sites for hydroxylation is 1. The van der Waals surface area contributed by atoms with E-state index in [1.807, 2.05) is 0 Å². The van der Waals surface area contributed by atoms with E-state index in [2.05, 4.69) is 47.4 Å². The molecule has 1 unspecified atom stereocenters. The van der Waals surface area contributed by atoms with Crippen LogP contribution < -0.4 is 0 Å². The van der Waals surface area contributed by atoms with Gasteiger partial charge in [0.15, 0.2) is 0 Å². The van der Waals surface area contributed by atoms with E-state index in [0.29, 0.717) is 0 Å². The summed E-state index contributed by atoms with van der Waals surface area (Å²) in [7, 11) is 2.13. The molecule has 1 aromatic rings. The van der Waals surface area contributed by atoms with E-state index >= 15 is 0 Å². The zero-order chi connectivity index (χ0) is 13.0. The molecule has 0 aromatic heterocycles. The first kappa shape index (κ1) is 13.9. The van der Waals surface area contributed by atoms with Crippen LogP contribution in [0.3, 0.4) is 0 Å². The molecule has 1 heterocycles. The number of hydrogen-bond acceptors (Lipinski definition) is 3. The minimum Gasteiger partial charge on any atom is -0.303 e. The van der Waals surface area contributed by atoms with Gasteiger partial charge in [0, 0.05) is 13.1 Å². The molecule has 0 spiro atoms. The molecule has 1 aromatic carbocycles. The second kappa shape index (κ2) is 6.57. The van der Waals surface area contributed by atoms with Gasteiger partial charge in [0.1, 0.15) is 0 Å². The van der Waals surface area contributed by atoms with Crippen molar-refractivity contribution in [3.05, 3.63) is 29.8 Å². The van der Waals surface area contributed by atoms with Crippen molar-refractivity contribution in [2.24, 2.45) is 0 Å². The minimum absolute atomic E-state index is 0.740. The van der Waals surface area contributed by atoms with Gasteiger partial charge in [-0.15, -0.1) is 0 Å². The van der Waals surface area contributed by atoms with Crippen LogP contribution in [-0.2, 0) is 17.8 Å². The molecular formula is C14H23N2OS+. The van der Waals surface area contributed by atoms with Crippen LogP contribution in [0.15, 0.2) is 29.2 Å². The van der Waals surface area contributed by atoms with Crippen LogP contribution in [0.4, 0.5) is 0 Å². The van der Waals surface area contributed by atoms with E-state index in [-0.39, 0.29) is 0 Å². The standard InChI is InChI=1S/C14H23N2OS/c1-3-4-13-5-7-14(8-6-13)18(17)16-11-9-15(2)10-12-16/h5-8,17H,3-4,9-12H2,1-2H3/q+1. The Morgan fingerprint density at radius 1 is 1.11 bits per heavy atom. The van der Waals surface area contributed by atoms with Gasteiger partial charge < -0.3 is 4.90 Å². The molecule has 1 aliphatic heterocycles. The Morgan fingerprint density at radius 2 is 1.72 bits per heavy atom. The predicted molar refractivity (Wildman–Crippen MR) is 77.8 cm³/mol. The summed E-state index contributed by atoms with van der Waals surface area (Å²) < 4.78 is 12.6. The summed E-state index contributed by atoms with van der Waals surface area (Å²) in [5.41, 5.74) is 1.36. The summed E-state index contributed by atoms with van der Waals surface area (Å²) in [5, 5.41) is 0. The van der Waals surface area contributed by atoms with E-state index < -0.39 is 11.4 Å². The fourth-order valence-electron chi connectivity index (χ4n) is 2.18. The highest BCUT2D eigenvalue weighted by Gasteiger charge is 2.32. The third-order valence-corrected chi connectivity index (χ3v) is 4.93. The van der Waals surface area contributed by atoms with E-state index in [1.54, 1.807) is 0 Å². The highest BCUT2D eigenvalue weighted by atomic mass is 32.2. The summed E-state index contributed by atoms with van der Waals surface area (Å²) in [6, 6.07) is 8.44. The van der Waals surface area contributed by atoms with E-state index in [1.165, 1.54) is 12.0 Å². The fraction of sp³-hybridized carbons (Fsp3) is 0.571. The molecule has 0 amide bonds. The van der Waals surface area contributed by atoms with Gasteiger partial charge >= 0.3 is 0 Å². The van der Waals surface area contributed by atoms with Gasteiger partial charge in [-0.25, -0.2) is 0 Å². The summed E-state index contributed by atoms with van der Waals surface area (Å²) in [6.07, 6.45) is 2.29. The van der Waals surface area contributed by atoms with Crippen molar-refractivity contribution >= 4 is 11.4 Å². The maximum absolute atomic E-state index is 10.4. The van der Waals surface area contributed by atoms with Crippen molar-refractivity contribution in [3.8, 4) is 0 Å². The van der Waals surface area contributed by atoms with Crippen molar-refractivity contribution < 1.29 is 4.55 Å². The van der Waals surface area contributed by atoms with Crippen molar-refractivity contribution in [2.45, 2.75) is 24.7 Å². The first-order valence-corrected chi connectivity index (χ1v) is 7.80. The third kappa shape index (κ3) is 3.48. The Morgan fingerprint density at radius 3 is 2.28 bits per heavy atom. The van der Waals surface area contributed by atoms with Crippen LogP contribution in [0.25, 0.3) is 0 Å². The zero-order valence-electron chi connectivity index (χ0n) is 11.3. The number of rotatable bonds is 4. The Balaban J connectivity index is 1.97. The first-order chi connectivity index (χ1) is 8.70. The molecule has 2 rings (SSSR count). The molecule has 1 aliphatic rings. The fourth-order valence-corrected chi connectivity index (χ4v) is 3.36. The largest absolute Gasteiger partial charge is 0.303 e. The molecule has 0 saturated carbocycles. The molecule has 1 fully saturated rings. The summed E-state index contributed by atoms with van der Waals surface area (Å²) in [6.45, 7) is 6.17. The van der Waals surface area contributed by atoms with Gasteiger partial charge in [0.05, 0.1) is 13.1 Å². The lowest BCUT2D eigenvalue weighted by atomic mass is 10.1. The molecule has 3 nitrogen and oxygen atoms in total. The maximum Gasteiger partial charge on any atom is 0.278 e. The van der Waals surface area contributed by atoms with Crippen molar-refractivity contribution in [1.29, 1.82) is 0 Å². The van der Waals surface area contributed by atoms with E-state index in [9.17, 15) is 4.55 Å². The highest BCUT2D eigenvalue weighted by molar-refractivity contribution is 7.89. The lowest BCUT2D eigenvalue weighted by Crippen LogP contribution is -2.46. The minimum atomic E-state index is -0.740.